The van der Waals surface area contributed by atoms with Crippen molar-refractivity contribution in [2.24, 2.45) is 0 Å². The van der Waals surface area contributed by atoms with Crippen LogP contribution in [0.1, 0.15) is 16.7 Å². The number of carbonyl (C=O) groups excluding carboxylic acids is 1. The summed E-state index contributed by atoms with van der Waals surface area (Å²) in [7, 11) is 4.03. The number of hydrogen-bond acceptors (Lipinski definition) is 5. The van der Waals surface area contributed by atoms with Crippen LogP contribution >= 0.6 is 11.6 Å². The average molecular weight is 478 g/mol. The summed E-state index contributed by atoms with van der Waals surface area (Å²) in [6, 6.07) is 20.2. The number of ether oxygens (including phenoxy) is 1. The molecule has 0 atom stereocenters. The molecule has 0 saturated carbocycles. The molecule has 34 heavy (non-hydrogen) atoms. The Bertz CT molecular complexity index is 1250. The normalized spacial score (nSPS) is 13.9. The third-order valence-corrected chi connectivity index (χ3v) is 5.44. The van der Waals surface area contributed by atoms with Gasteiger partial charge in [0.2, 0.25) is 0 Å². The molecule has 1 heterocycles. The molecule has 7 nitrogen and oxygen atoms in total. The third kappa shape index (κ3) is 5.39. The van der Waals surface area contributed by atoms with E-state index in [1.165, 1.54) is 5.56 Å². The molecule has 0 spiro atoms. The van der Waals surface area contributed by atoms with E-state index in [-0.39, 0.29) is 5.91 Å². The Hall–Kier alpha value is -3.81. The number of carboxylic acids is 1. The minimum Gasteiger partial charge on any atom is -0.482 e. The summed E-state index contributed by atoms with van der Waals surface area (Å²) in [6.07, 6.45) is 0. The van der Waals surface area contributed by atoms with Gasteiger partial charge in [0.1, 0.15) is 5.75 Å². The first-order valence-corrected chi connectivity index (χ1v) is 11.0. The molecule has 3 aromatic rings. The van der Waals surface area contributed by atoms with Crippen molar-refractivity contribution in [1.29, 1.82) is 0 Å². The zero-order valence-corrected chi connectivity index (χ0v) is 19.5. The topological polar surface area (TPSA) is 90.9 Å². The molecule has 4 rings (SSSR count). The first kappa shape index (κ1) is 23.4. The van der Waals surface area contributed by atoms with Gasteiger partial charge in [-0.3, -0.25) is 4.79 Å². The van der Waals surface area contributed by atoms with E-state index < -0.39 is 12.6 Å². The van der Waals surface area contributed by atoms with E-state index in [0.717, 1.165) is 23.4 Å². The number of amides is 1. The van der Waals surface area contributed by atoms with Crippen LogP contribution in [0.15, 0.2) is 66.7 Å². The fourth-order valence-corrected chi connectivity index (χ4v) is 3.91. The lowest BCUT2D eigenvalue weighted by Gasteiger charge is -2.16. The second-order valence-electron chi connectivity index (χ2n) is 8.16. The van der Waals surface area contributed by atoms with Crippen LogP contribution in [0.2, 0.25) is 5.02 Å². The molecule has 0 aliphatic carbocycles. The lowest BCUT2D eigenvalue weighted by molar-refractivity contribution is -0.139. The number of carbonyl (C=O) groups is 2. The van der Waals surface area contributed by atoms with Gasteiger partial charge >= 0.3 is 5.97 Å². The number of fused-ring (bicyclic) bond motifs is 1. The fourth-order valence-electron chi connectivity index (χ4n) is 3.74. The highest BCUT2D eigenvalue weighted by atomic mass is 35.5. The number of nitrogens with one attached hydrogen (secondary N) is 2. The van der Waals surface area contributed by atoms with Crippen LogP contribution in [-0.4, -0.2) is 42.6 Å². The van der Waals surface area contributed by atoms with E-state index in [2.05, 4.69) is 15.5 Å². The van der Waals surface area contributed by atoms with Crippen LogP contribution < -0.4 is 15.4 Å². The maximum Gasteiger partial charge on any atom is 0.341 e. The van der Waals surface area contributed by atoms with Crippen molar-refractivity contribution in [3.8, 4) is 5.75 Å². The van der Waals surface area contributed by atoms with E-state index in [9.17, 15) is 9.59 Å². The monoisotopic (exact) mass is 477 g/mol. The van der Waals surface area contributed by atoms with E-state index in [0.29, 0.717) is 27.7 Å². The number of rotatable bonds is 8. The van der Waals surface area contributed by atoms with Gasteiger partial charge in [0, 0.05) is 22.8 Å². The van der Waals surface area contributed by atoms with Crippen molar-refractivity contribution in [2.75, 3.05) is 31.3 Å². The zero-order chi connectivity index (χ0) is 24.2. The Balaban J connectivity index is 1.74. The summed E-state index contributed by atoms with van der Waals surface area (Å²) in [4.78, 5) is 25.9. The van der Waals surface area contributed by atoms with E-state index in [4.69, 9.17) is 21.4 Å². The predicted octanol–water partition coefficient (Wildman–Crippen LogP) is 4.80. The molecular formula is C26H24ClN3O4. The van der Waals surface area contributed by atoms with Crippen LogP contribution in [0, 0.1) is 0 Å². The standard InChI is InChI=1S/C26H24ClN3O4/c1-30(2)14-16-3-8-19(9-4-16)28-25(17-5-10-20(11-6-17)34-15-23(31)32)24-21-12-7-18(27)13-22(21)29-26(24)33/h3-13,28H,14-15H2,1-2H3,(H,29,33)(H,31,32). The minimum atomic E-state index is -1.05. The molecule has 3 aromatic carbocycles. The first-order chi connectivity index (χ1) is 16.3. The van der Waals surface area contributed by atoms with Gasteiger partial charge in [0.15, 0.2) is 6.61 Å². The van der Waals surface area contributed by atoms with Crippen LogP contribution in [0.25, 0.3) is 11.3 Å². The maximum atomic E-state index is 13.0. The van der Waals surface area contributed by atoms with Gasteiger partial charge in [-0.15, -0.1) is 0 Å². The highest BCUT2D eigenvalue weighted by Crippen LogP contribution is 2.39. The molecule has 0 fully saturated rings. The molecule has 0 aromatic heterocycles. The quantitative estimate of drug-likeness (QED) is 0.404. The summed E-state index contributed by atoms with van der Waals surface area (Å²) in [6.45, 7) is 0.393. The molecule has 3 N–H and O–H groups in total. The number of halogens is 1. The molecule has 174 valence electrons. The third-order valence-electron chi connectivity index (χ3n) is 5.20. The predicted molar refractivity (Wildman–Crippen MR) is 134 cm³/mol. The van der Waals surface area contributed by atoms with Crippen molar-refractivity contribution in [1.82, 2.24) is 4.90 Å². The highest BCUT2D eigenvalue weighted by molar-refractivity contribution is 6.38. The van der Waals surface area contributed by atoms with Crippen LogP contribution in [0.5, 0.6) is 5.75 Å². The number of carboxylic acid groups (broad SMARTS) is 1. The summed E-state index contributed by atoms with van der Waals surface area (Å²) >= 11 is 6.12. The highest BCUT2D eigenvalue weighted by Gasteiger charge is 2.28. The van der Waals surface area contributed by atoms with Crippen molar-refractivity contribution in [2.45, 2.75) is 6.54 Å². The Kier molecular flexibility index (Phi) is 6.86. The number of anilines is 2. The summed E-state index contributed by atoms with van der Waals surface area (Å²) < 4.78 is 5.25. The second-order valence-corrected chi connectivity index (χ2v) is 8.60. The number of benzene rings is 3. The largest absolute Gasteiger partial charge is 0.482 e. The Morgan fingerprint density at radius 3 is 2.41 bits per heavy atom. The lowest BCUT2D eigenvalue weighted by atomic mass is 10.00. The van der Waals surface area contributed by atoms with Gasteiger partial charge in [-0.05, 0) is 73.8 Å². The lowest BCUT2D eigenvalue weighted by Crippen LogP contribution is -2.11. The van der Waals surface area contributed by atoms with Gasteiger partial charge in [-0.2, -0.15) is 0 Å². The van der Waals surface area contributed by atoms with Crippen LogP contribution in [0.4, 0.5) is 11.4 Å². The second kappa shape index (κ2) is 9.99. The van der Waals surface area contributed by atoms with E-state index in [1.807, 2.05) is 44.4 Å². The number of hydrogen-bond donors (Lipinski definition) is 3. The van der Waals surface area contributed by atoms with Gasteiger partial charge in [-0.1, -0.05) is 29.8 Å². The van der Waals surface area contributed by atoms with Crippen LogP contribution in [0.3, 0.4) is 0 Å². The van der Waals surface area contributed by atoms with Crippen molar-refractivity contribution in [3.05, 3.63) is 88.4 Å². The summed E-state index contributed by atoms with van der Waals surface area (Å²) in [5.74, 6) is -0.869. The molecule has 0 saturated heterocycles. The molecule has 1 aliphatic rings. The Morgan fingerprint density at radius 2 is 1.76 bits per heavy atom. The molecule has 0 bridgehead atoms. The maximum absolute atomic E-state index is 13.0. The fraction of sp³-hybridized carbons (Fsp3) is 0.154. The average Bonchev–Trinajstić information content (AvgIpc) is 3.11. The Labute approximate surface area is 202 Å². The molecule has 8 heteroatoms. The van der Waals surface area contributed by atoms with Crippen LogP contribution in [-0.2, 0) is 16.1 Å². The molecule has 1 aliphatic heterocycles. The molecule has 0 unspecified atom stereocenters. The van der Waals surface area contributed by atoms with Gasteiger partial charge in [-0.25, -0.2) is 4.79 Å². The first-order valence-electron chi connectivity index (χ1n) is 10.6. The van der Waals surface area contributed by atoms with Crippen molar-refractivity contribution in [3.63, 3.8) is 0 Å². The summed E-state index contributed by atoms with van der Waals surface area (Å²) in [5.41, 5.74) is 5.23. The SMILES string of the molecule is CN(C)Cc1ccc(NC(=C2C(=O)Nc3cc(Cl)ccc32)c2ccc(OCC(=O)O)cc2)cc1. The van der Waals surface area contributed by atoms with E-state index in [1.54, 1.807) is 36.4 Å². The number of aliphatic carboxylic acids is 1. The Morgan fingerprint density at radius 1 is 1.06 bits per heavy atom. The van der Waals surface area contributed by atoms with Gasteiger partial charge < -0.3 is 25.4 Å². The molecule has 1 amide bonds. The molecular weight excluding hydrogens is 454 g/mol. The van der Waals surface area contributed by atoms with Gasteiger partial charge in [0.25, 0.3) is 5.91 Å². The van der Waals surface area contributed by atoms with Crippen molar-refractivity contribution < 1.29 is 19.4 Å². The smallest absolute Gasteiger partial charge is 0.341 e. The van der Waals surface area contributed by atoms with Crippen molar-refractivity contribution >= 4 is 46.1 Å². The summed E-state index contributed by atoms with van der Waals surface area (Å²) in [5, 5.41) is 15.7. The zero-order valence-electron chi connectivity index (χ0n) is 18.8. The molecule has 0 radical (unpaired) electrons. The van der Waals surface area contributed by atoms with E-state index >= 15 is 0 Å². The minimum absolute atomic E-state index is 0.241. The van der Waals surface area contributed by atoms with Gasteiger partial charge in [0.05, 0.1) is 17.0 Å². The number of nitrogens with zero attached hydrogens (tertiary/aromatic N) is 1.